The molecule has 0 saturated carbocycles. The number of halogens is 4. The van der Waals surface area contributed by atoms with E-state index in [0.29, 0.717) is 27.3 Å². The summed E-state index contributed by atoms with van der Waals surface area (Å²) in [4.78, 5) is 24.4. The van der Waals surface area contributed by atoms with Gasteiger partial charge in [0, 0.05) is 18.3 Å². The van der Waals surface area contributed by atoms with Crippen LogP contribution < -0.4 is 10.6 Å². The Bertz CT molecular complexity index is 1140. The van der Waals surface area contributed by atoms with Crippen molar-refractivity contribution in [2.75, 3.05) is 11.1 Å². The van der Waals surface area contributed by atoms with Gasteiger partial charge in [0.1, 0.15) is 5.82 Å². The number of hydrogen-bond acceptors (Lipinski definition) is 5. The molecule has 3 rings (SSSR count). The van der Waals surface area contributed by atoms with Crippen LogP contribution in [0.15, 0.2) is 41.6 Å². The second-order valence-electron chi connectivity index (χ2n) is 6.24. The molecule has 2 N–H and O–H groups in total. The van der Waals surface area contributed by atoms with Crippen molar-refractivity contribution >= 4 is 64.1 Å². The maximum Gasteiger partial charge on any atom is 0.251 e. The molecule has 0 spiro atoms. The van der Waals surface area contributed by atoms with Crippen LogP contribution in [0.4, 0.5) is 10.1 Å². The summed E-state index contributed by atoms with van der Waals surface area (Å²) in [5.41, 5.74) is 0.754. The minimum atomic E-state index is -0.563. The van der Waals surface area contributed by atoms with E-state index in [0.717, 1.165) is 11.8 Å². The fraction of sp³-hybridized carbons (Fsp3) is 0.158. The quantitative estimate of drug-likeness (QED) is 0.462. The van der Waals surface area contributed by atoms with Gasteiger partial charge in [-0.3, -0.25) is 9.59 Å². The van der Waals surface area contributed by atoms with Crippen molar-refractivity contribution < 1.29 is 14.0 Å². The molecule has 7 nitrogen and oxygen atoms in total. The molecule has 0 bridgehead atoms. The number of carbonyl (C=O) groups is 2. The molecule has 0 aliphatic carbocycles. The maximum atomic E-state index is 13.2. The van der Waals surface area contributed by atoms with Crippen molar-refractivity contribution in [2.45, 2.75) is 11.7 Å². The second-order valence-corrected chi connectivity index (χ2v) is 8.40. The van der Waals surface area contributed by atoms with Crippen LogP contribution in [0.1, 0.15) is 16.2 Å². The molecule has 162 valence electrons. The van der Waals surface area contributed by atoms with Crippen LogP contribution >= 0.6 is 46.6 Å². The van der Waals surface area contributed by atoms with Gasteiger partial charge in [-0.2, -0.15) is 0 Å². The van der Waals surface area contributed by atoms with Crippen LogP contribution in [0.5, 0.6) is 0 Å². The predicted octanol–water partition coefficient (Wildman–Crippen LogP) is 4.58. The van der Waals surface area contributed by atoms with Gasteiger partial charge in [0.15, 0.2) is 11.0 Å². The smallest absolute Gasteiger partial charge is 0.251 e. The molecule has 31 heavy (non-hydrogen) atoms. The summed E-state index contributed by atoms with van der Waals surface area (Å²) in [6, 6.07) is 8.50. The van der Waals surface area contributed by atoms with Gasteiger partial charge in [0.2, 0.25) is 5.91 Å². The van der Waals surface area contributed by atoms with Crippen molar-refractivity contribution in [1.29, 1.82) is 0 Å². The topological polar surface area (TPSA) is 88.9 Å². The normalized spacial score (nSPS) is 10.7. The van der Waals surface area contributed by atoms with Crippen molar-refractivity contribution in [2.24, 2.45) is 7.05 Å². The molecule has 2 aromatic carbocycles. The Kier molecular flexibility index (Phi) is 7.77. The zero-order valence-corrected chi connectivity index (χ0v) is 19.0. The fourth-order valence-corrected chi connectivity index (χ4v) is 3.63. The first-order valence-corrected chi connectivity index (χ1v) is 10.9. The monoisotopic (exact) mass is 501 g/mol. The van der Waals surface area contributed by atoms with E-state index in [1.54, 1.807) is 23.7 Å². The molecule has 0 radical (unpaired) electrons. The number of thioether (sulfide) groups is 1. The van der Waals surface area contributed by atoms with Gasteiger partial charge in [-0.1, -0.05) is 46.6 Å². The Balaban J connectivity index is 1.53. The fourth-order valence-electron chi connectivity index (χ4n) is 2.42. The third-order valence-corrected chi connectivity index (χ3v) is 6.10. The summed E-state index contributed by atoms with van der Waals surface area (Å²) in [6.07, 6.45) is 0. The third kappa shape index (κ3) is 6.10. The number of anilines is 1. The van der Waals surface area contributed by atoms with Gasteiger partial charge >= 0.3 is 0 Å². The molecular formula is C19H15Cl3FN5O2S. The first kappa shape index (κ1) is 23.3. The third-order valence-electron chi connectivity index (χ3n) is 4.05. The van der Waals surface area contributed by atoms with E-state index in [4.69, 9.17) is 34.8 Å². The summed E-state index contributed by atoms with van der Waals surface area (Å²) in [6.45, 7) is 0.128. The largest absolute Gasteiger partial charge is 0.345 e. The highest BCUT2D eigenvalue weighted by molar-refractivity contribution is 7.99. The molecule has 1 heterocycles. The Morgan fingerprint density at radius 3 is 2.55 bits per heavy atom. The molecule has 0 unspecified atom stereocenters. The number of benzene rings is 2. The number of rotatable bonds is 7. The number of nitrogens with zero attached hydrogens (tertiary/aromatic N) is 3. The maximum absolute atomic E-state index is 13.2. The molecule has 12 heteroatoms. The summed E-state index contributed by atoms with van der Waals surface area (Å²) < 4.78 is 14.9. The highest BCUT2D eigenvalue weighted by Crippen LogP contribution is 2.23. The number of amides is 2. The molecule has 0 atom stereocenters. The van der Waals surface area contributed by atoms with Gasteiger partial charge in [-0.15, -0.1) is 10.2 Å². The van der Waals surface area contributed by atoms with Crippen LogP contribution in [0, 0.1) is 5.82 Å². The summed E-state index contributed by atoms with van der Waals surface area (Å²) in [5, 5.41) is 14.5. The van der Waals surface area contributed by atoms with Gasteiger partial charge in [0.05, 0.1) is 27.4 Å². The van der Waals surface area contributed by atoms with E-state index in [9.17, 15) is 14.0 Å². The standard InChI is InChI=1S/C19H15Cl3FN5O2S/c1-28-16(8-24-18(30)10-2-4-12(20)13(21)6-10)26-27-19(28)31-9-17(29)25-11-3-5-15(23)14(22)7-11/h2-7H,8-9H2,1H3,(H,24,30)(H,25,29). The lowest BCUT2D eigenvalue weighted by atomic mass is 10.2. The molecule has 0 aliphatic heterocycles. The average Bonchev–Trinajstić information content (AvgIpc) is 3.09. The summed E-state index contributed by atoms with van der Waals surface area (Å²) in [5.74, 6) is -0.664. The van der Waals surface area contributed by atoms with Crippen LogP contribution in [-0.2, 0) is 18.4 Å². The average molecular weight is 503 g/mol. The van der Waals surface area contributed by atoms with E-state index in [1.807, 2.05) is 0 Å². The minimum Gasteiger partial charge on any atom is -0.345 e. The van der Waals surface area contributed by atoms with Crippen LogP contribution in [-0.4, -0.2) is 32.3 Å². The molecule has 0 saturated heterocycles. The van der Waals surface area contributed by atoms with Gasteiger partial charge in [-0.05, 0) is 36.4 Å². The van der Waals surface area contributed by atoms with E-state index in [2.05, 4.69) is 20.8 Å². The molecule has 0 aliphatic rings. The summed E-state index contributed by atoms with van der Waals surface area (Å²) >= 11 is 18.7. The van der Waals surface area contributed by atoms with Crippen LogP contribution in [0.25, 0.3) is 0 Å². The SMILES string of the molecule is Cn1c(CNC(=O)c2ccc(Cl)c(Cl)c2)nnc1SCC(=O)Nc1ccc(F)c(Cl)c1. The van der Waals surface area contributed by atoms with E-state index >= 15 is 0 Å². The number of aromatic nitrogens is 3. The Labute approximate surface area is 196 Å². The highest BCUT2D eigenvalue weighted by atomic mass is 35.5. The van der Waals surface area contributed by atoms with Gasteiger partial charge in [-0.25, -0.2) is 4.39 Å². The van der Waals surface area contributed by atoms with E-state index in [-0.39, 0.29) is 34.2 Å². The molecule has 2 amide bonds. The highest BCUT2D eigenvalue weighted by Gasteiger charge is 2.14. The lowest BCUT2D eigenvalue weighted by Gasteiger charge is -2.07. The molecular weight excluding hydrogens is 488 g/mol. The Morgan fingerprint density at radius 1 is 1.06 bits per heavy atom. The zero-order chi connectivity index (χ0) is 22.5. The van der Waals surface area contributed by atoms with Crippen molar-refractivity contribution in [1.82, 2.24) is 20.1 Å². The number of hydrogen-bond donors (Lipinski definition) is 2. The Morgan fingerprint density at radius 2 is 1.84 bits per heavy atom. The molecule has 3 aromatic rings. The minimum absolute atomic E-state index is 0.0522. The lowest BCUT2D eigenvalue weighted by molar-refractivity contribution is -0.113. The van der Waals surface area contributed by atoms with Gasteiger partial charge in [0.25, 0.3) is 5.91 Å². The van der Waals surface area contributed by atoms with Crippen LogP contribution in [0.2, 0.25) is 15.1 Å². The molecule has 1 aromatic heterocycles. The van der Waals surface area contributed by atoms with Crippen molar-refractivity contribution in [3.05, 3.63) is 68.7 Å². The molecule has 0 fully saturated rings. The summed E-state index contributed by atoms with van der Waals surface area (Å²) in [7, 11) is 1.72. The lowest BCUT2D eigenvalue weighted by Crippen LogP contribution is -2.24. The van der Waals surface area contributed by atoms with Crippen molar-refractivity contribution in [3.63, 3.8) is 0 Å². The Hall–Kier alpha value is -2.33. The first-order chi connectivity index (χ1) is 14.7. The number of nitrogens with one attached hydrogen (secondary N) is 2. The van der Waals surface area contributed by atoms with Crippen molar-refractivity contribution in [3.8, 4) is 0 Å². The van der Waals surface area contributed by atoms with Gasteiger partial charge < -0.3 is 15.2 Å². The van der Waals surface area contributed by atoms with E-state index < -0.39 is 5.82 Å². The first-order valence-electron chi connectivity index (χ1n) is 8.74. The number of carbonyl (C=O) groups excluding carboxylic acids is 2. The second kappa shape index (κ2) is 10.3. The zero-order valence-electron chi connectivity index (χ0n) is 16.0. The van der Waals surface area contributed by atoms with E-state index in [1.165, 1.54) is 24.3 Å². The predicted molar refractivity (Wildman–Crippen MR) is 119 cm³/mol. The van der Waals surface area contributed by atoms with Crippen LogP contribution in [0.3, 0.4) is 0 Å².